The monoisotopic (exact) mass is 160 g/mol. The maximum atomic E-state index is 4.23. The molecule has 1 heterocycles. The smallest absolute Gasteiger partial charge is 0.0179 e. The first-order chi connectivity index (χ1) is 3.70. The molecular formula is C7H12S2. The normalized spacial score (nSPS) is 8.78. The van der Waals surface area contributed by atoms with E-state index in [1.54, 1.807) is 11.3 Å². The van der Waals surface area contributed by atoms with Gasteiger partial charge in [-0.1, -0.05) is 7.43 Å². The van der Waals surface area contributed by atoms with E-state index in [-0.39, 0.29) is 7.43 Å². The summed E-state index contributed by atoms with van der Waals surface area (Å²) in [4.78, 5) is 3.77. The lowest BCUT2D eigenvalue weighted by Crippen LogP contribution is -1.55. The summed E-state index contributed by atoms with van der Waals surface area (Å²) in [5.74, 6) is 0. The average molecular weight is 160 g/mol. The third-order valence-electron chi connectivity index (χ3n) is 1.01. The van der Waals surface area contributed by atoms with Crippen LogP contribution in [0.5, 0.6) is 0 Å². The lowest BCUT2D eigenvalue weighted by molar-refractivity contribution is 1.42. The lowest BCUT2D eigenvalue weighted by Gasteiger charge is -1.78. The zero-order valence-corrected chi connectivity index (χ0v) is 6.64. The number of hydrogen-bond acceptors (Lipinski definition) is 2. The summed E-state index contributed by atoms with van der Waals surface area (Å²) in [6.07, 6.45) is 0. The number of hydrogen-bond donors (Lipinski definition) is 1. The number of aryl methyl sites for hydroxylation is 2. The minimum absolute atomic E-state index is 0. The fourth-order valence-corrected chi connectivity index (χ4v) is 1.86. The van der Waals surface area contributed by atoms with Gasteiger partial charge >= 0.3 is 0 Å². The molecule has 0 saturated heterocycles. The molecule has 1 aromatic rings. The molecule has 0 aromatic carbocycles. The number of thiophene rings is 1. The van der Waals surface area contributed by atoms with E-state index in [0.717, 1.165) is 4.90 Å². The van der Waals surface area contributed by atoms with Gasteiger partial charge in [-0.05, 0) is 19.9 Å². The van der Waals surface area contributed by atoms with E-state index < -0.39 is 0 Å². The molecule has 52 valence electrons. The number of thiol groups is 1. The minimum atomic E-state index is 0. The van der Waals surface area contributed by atoms with Gasteiger partial charge in [0.15, 0.2) is 0 Å². The van der Waals surface area contributed by atoms with Crippen molar-refractivity contribution in [1.82, 2.24) is 0 Å². The molecule has 0 N–H and O–H groups in total. The molecule has 0 bridgehead atoms. The van der Waals surface area contributed by atoms with E-state index in [0.29, 0.717) is 0 Å². The van der Waals surface area contributed by atoms with Crippen LogP contribution in [0, 0.1) is 13.8 Å². The summed E-state index contributed by atoms with van der Waals surface area (Å²) in [5, 5.41) is 0. The molecule has 0 fully saturated rings. The first kappa shape index (κ1) is 9.05. The molecule has 0 radical (unpaired) electrons. The van der Waals surface area contributed by atoms with Crippen molar-refractivity contribution in [3.05, 3.63) is 15.8 Å². The van der Waals surface area contributed by atoms with Gasteiger partial charge in [0, 0.05) is 14.6 Å². The van der Waals surface area contributed by atoms with E-state index in [9.17, 15) is 0 Å². The highest BCUT2D eigenvalue weighted by Crippen LogP contribution is 2.22. The lowest BCUT2D eigenvalue weighted by atomic mass is 10.4. The zero-order valence-electron chi connectivity index (χ0n) is 4.93. The minimum Gasteiger partial charge on any atom is -0.145 e. The molecule has 2 heteroatoms. The molecule has 0 aliphatic carbocycles. The second-order valence-corrected chi connectivity index (χ2v) is 3.74. The van der Waals surface area contributed by atoms with Crippen molar-refractivity contribution in [2.24, 2.45) is 0 Å². The first-order valence-corrected chi connectivity index (χ1v) is 3.72. The third-order valence-corrected chi connectivity index (χ3v) is 2.60. The van der Waals surface area contributed by atoms with Crippen molar-refractivity contribution in [3.8, 4) is 0 Å². The summed E-state index contributed by atoms with van der Waals surface area (Å²) >= 11 is 6.02. The maximum absolute atomic E-state index is 4.23. The van der Waals surface area contributed by atoms with Gasteiger partial charge in [-0.25, -0.2) is 0 Å². The Balaban J connectivity index is 0.000000640. The Morgan fingerprint density at radius 1 is 1.44 bits per heavy atom. The molecule has 0 nitrogen and oxygen atoms in total. The van der Waals surface area contributed by atoms with Crippen LogP contribution in [-0.2, 0) is 0 Å². The van der Waals surface area contributed by atoms with E-state index in [4.69, 9.17) is 0 Å². The van der Waals surface area contributed by atoms with Gasteiger partial charge in [0.25, 0.3) is 0 Å². The molecule has 0 atom stereocenters. The summed E-state index contributed by atoms with van der Waals surface area (Å²) in [5.41, 5.74) is 0. The van der Waals surface area contributed by atoms with Crippen molar-refractivity contribution in [1.29, 1.82) is 0 Å². The van der Waals surface area contributed by atoms with Crippen molar-refractivity contribution < 1.29 is 0 Å². The topological polar surface area (TPSA) is 0 Å². The Hall–Kier alpha value is 0.0500. The van der Waals surface area contributed by atoms with Crippen LogP contribution in [0.3, 0.4) is 0 Å². The van der Waals surface area contributed by atoms with Gasteiger partial charge in [-0.3, -0.25) is 0 Å². The van der Waals surface area contributed by atoms with Crippen molar-refractivity contribution in [2.75, 3.05) is 0 Å². The summed E-state index contributed by atoms with van der Waals surface area (Å²) in [6.45, 7) is 4.18. The van der Waals surface area contributed by atoms with Gasteiger partial charge in [0.05, 0.1) is 0 Å². The predicted molar refractivity (Wildman–Crippen MR) is 47.8 cm³/mol. The van der Waals surface area contributed by atoms with Crippen LogP contribution < -0.4 is 0 Å². The quantitative estimate of drug-likeness (QED) is 0.553. The highest BCUT2D eigenvalue weighted by atomic mass is 32.1. The standard InChI is InChI=1S/C6H8S2.CH4/c1-4-3-6(7)5(2)8-4;/h3,7H,1-2H3;1H4. The van der Waals surface area contributed by atoms with Crippen LogP contribution in [0.25, 0.3) is 0 Å². The molecule has 0 aliphatic heterocycles. The molecule has 0 unspecified atom stereocenters. The van der Waals surface area contributed by atoms with Crippen LogP contribution in [0.2, 0.25) is 0 Å². The van der Waals surface area contributed by atoms with Crippen molar-refractivity contribution in [2.45, 2.75) is 26.2 Å². The number of rotatable bonds is 0. The Morgan fingerprint density at radius 2 is 2.00 bits per heavy atom. The average Bonchev–Trinajstić information content (AvgIpc) is 1.85. The van der Waals surface area contributed by atoms with E-state index in [2.05, 4.69) is 32.5 Å². The molecule has 0 spiro atoms. The molecule has 0 amide bonds. The summed E-state index contributed by atoms with van der Waals surface area (Å²) < 4.78 is 0. The fourth-order valence-electron chi connectivity index (χ4n) is 0.617. The third kappa shape index (κ3) is 2.03. The van der Waals surface area contributed by atoms with Gasteiger partial charge in [0.1, 0.15) is 0 Å². The second-order valence-electron chi connectivity index (χ2n) is 1.80. The Labute approximate surface area is 66.3 Å². The van der Waals surface area contributed by atoms with E-state index >= 15 is 0 Å². The maximum Gasteiger partial charge on any atom is 0.0179 e. The van der Waals surface area contributed by atoms with Gasteiger partial charge in [-0.15, -0.1) is 24.0 Å². The Kier molecular flexibility index (Phi) is 3.30. The second kappa shape index (κ2) is 3.28. The van der Waals surface area contributed by atoms with Gasteiger partial charge < -0.3 is 0 Å². The zero-order chi connectivity index (χ0) is 6.15. The van der Waals surface area contributed by atoms with Crippen LogP contribution in [0.1, 0.15) is 17.2 Å². The summed E-state index contributed by atoms with van der Waals surface area (Å²) in [7, 11) is 0. The summed E-state index contributed by atoms with van der Waals surface area (Å²) in [6, 6.07) is 2.09. The highest BCUT2D eigenvalue weighted by Gasteiger charge is 1.94. The molecular weight excluding hydrogens is 148 g/mol. The van der Waals surface area contributed by atoms with Crippen LogP contribution in [0.4, 0.5) is 0 Å². The Morgan fingerprint density at radius 3 is 2.11 bits per heavy atom. The van der Waals surface area contributed by atoms with E-state index in [1.807, 2.05) is 0 Å². The molecule has 0 saturated carbocycles. The predicted octanol–water partition coefficient (Wildman–Crippen LogP) is 3.29. The van der Waals surface area contributed by atoms with Crippen LogP contribution in [-0.4, -0.2) is 0 Å². The molecule has 1 aromatic heterocycles. The van der Waals surface area contributed by atoms with Gasteiger partial charge in [-0.2, -0.15) is 0 Å². The Bertz CT molecular complexity index is 169. The van der Waals surface area contributed by atoms with Gasteiger partial charge in [0.2, 0.25) is 0 Å². The van der Waals surface area contributed by atoms with Crippen LogP contribution >= 0.6 is 24.0 Å². The molecule has 1 rings (SSSR count). The van der Waals surface area contributed by atoms with E-state index in [1.165, 1.54) is 9.75 Å². The largest absolute Gasteiger partial charge is 0.145 e. The highest BCUT2D eigenvalue weighted by molar-refractivity contribution is 7.80. The van der Waals surface area contributed by atoms with Crippen molar-refractivity contribution in [3.63, 3.8) is 0 Å². The SMILES string of the molecule is C.Cc1cc(S)c(C)s1. The fraction of sp³-hybridized carbons (Fsp3) is 0.429. The molecule has 9 heavy (non-hydrogen) atoms. The first-order valence-electron chi connectivity index (χ1n) is 2.46. The van der Waals surface area contributed by atoms with Crippen LogP contribution in [0.15, 0.2) is 11.0 Å². The van der Waals surface area contributed by atoms with Crippen molar-refractivity contribution >= 4 is 24.0 Å². The molecule has 0 aliphatic rings.